The quantitative estimate of drug-likeness (QED) is 0.495. The summed E-state index contributed by atoms with van der Waals surface area (Å²) in [5, 5.41) is 18.7. The van der Waals surface area contributed by atoms with Crippen LogP contribution in [0.4, 0.5) is 0 Å². The lowest BCUT2D eigenvalue weighted by Crippen LogP contribution is -2.05. The number of hydrogen-bond donors (Lipinski definition) is 3. The van der Waals surface area contributed by atoms with Gasteiger partial charge in [-0.15, -0.1) is 0 Å². The zero-order chi connectivity index (χ0) is 17.5. The Hall–Kier alpha value is -2.67. The van der Waals surface area contributed by atoms with Gasteiger partial charge in [-0.25, -0.2) is 9.59 Å². The van der Waals surface area contributed by atoms with E-state index in [-0.39, 0.29) is 0 Å². The summed E-state index contributed by atoms with van der Waals surface area (Å²) < 4.78 is 5.37. The molecule has 0 aliphatic rings. The summed E-state index contributed by atoms with van der Waals surface area (Å²) in [6.07, 6.45) is 9.89. The molecule has 0 saturated heterocycles. The molecule has 1 aromatic rings. The van der Waals surface area contributed by atoms with Gasteiger partial charge >= 0.3 is 11.9 Å². The molecule has 0 radical (unpaired) electrons. The molecular weight excluding hydrogens is 300 g/mol. The topological polar surface area (TPSA) is 109 Å². The van der Waals surface area contributed by atoms with Crippen LogP contribution in [-0.4, -0.2) is 47.3 Å². The molecular formula is C16H22N2O5. The fraction of sp³-hybridized carbons (Fsp3) is 0.312. The summed E-state index contributed by atoms with van der Waals surface area (Å²) in [6.45, 7) is 3.64. The fourth-order valence-electron chi connectivity index (χ4n) is 1.36. The highest BCUT2D eigenvalue weighted by molar-refractivity contribution is 5.89. The highest BCUT2D eigenvalue weighted by Gasteiger charge is 1.93. The zero-order valence-corrected chi connectivity index (χ0v) is 13.2. The molecule has 7 heteroatoms. The van der Waals surface area contributed by atoms with Crippen molar-refractivity contribution in [1.29, 1.82) is 0 Å². The SMILES string of the molecule is CCOc1cncc(/C=C/CCNC)c1.O=C(O)/C=C/C(=O)O. The molecule has 126 valence electrons. The molecule has 1 aromatic heterocycles. The smallest absolute Gasteiger partial charge is 0.328 e. The van der Waals surface area contributed by atoms with Gasteiger partial charge in [-0.2, -0.15) is 0 Å². The second kappa shape index (κ2) is 13.0. The Balaban J connectivity index is 0.000000515. The van der Waals surface area contributed by atoms with Crippen molar-refractivity contribution < 1.29 is 24.5 Å². The van der Waals surface area contributed by atoms with Crippen molar-refractivity contribution in [2.75, 3.05) is 20.2 Å². The van der Waals surface area contributed by atoms with Crippen LogP contribution in [0.2, 0.25) is 0 Å². The van der Waals surface area contributed by atoms with E-state index in [1.54, 1.807) is 6.20 Å². The van der Waals surface area contributed by atoms with E-state index in [0.717, 1.165) is 24.3 Å². The van der Waals surface area contributed by atoms with Gasteiger partial charge in [0.2, 0.25) is 0 Å². The highest BCUT2D eigenvalue weighted by atomic mass is 16.5. The fourth-order valence-corrected chi connectivity index (χ4v) is 1.36. The average molecular weight is 322 g/mol. The normalized spacial score (nSPS) is 10.3. The third-order valence-corrected chi connectivity index (χ3v) is 2.29. The maximum atomic E-state index is 9.55. The molecule has 0 aromatic carbocycles. The molecule has 0 saturated carbocycles. The molecule has 0 aliphatic carbocycles. The Labute approximate surface area is 135 Å². The number of pyridine rings is 1. The van der Waals surface area contributed by atoms with Crippen molar-refractivity contribution in [3.8, 4) is 5.75 Å². The summed E-state index contributed by atoms with van der Waals surface area (Å²) in [5.74, 6) is -1.69. The summed E-state index contributed by atoms with van der Waals surface area (Å²) in [5.41, 5.74) is 1.08. The first-order chi connectivity index (χ1) is 11.0. The van der Waals surface area contributed by atoms with E-state index < -0.39 is 11.9 Å². The Bertz CT molecular complexity index is 525. The van der Waals surface area contributed by atoms with Crippen LogP contribution in [0.1, 0.15) is 18.9 Å². The Morgan fingerprint density at radius 1 is 1.26 bits per heavy atom. The van der Waals surface area contributed by atoms with E-state index in [0.29, 0.717) is 18.8 Å². The van der Waals surface area contributed by atoms with E-state index in [4.69, 9.17) is 14.9 Å². The van der Waals surface area contributed by atoms with Crippen molar-refractivity contribution in [3.63, 3.8) is 0 Å². The molecule has 0 atom stereocenters. The molecule has 0 spiro atoms. The van der Waals surface area contributed by atoms with Crippen LogP contribution in [0.5, 0.6) is 5.75 Å². The van der Waals surface area contributed by atoms with Crippen LogP contribution in [0, 0.1) is 0 Å². The lowest BCUT2D eigenvalue weighted by molar-refractivity contribution is -0.134. The number of nitrogens with one attached hydrogen (secondary N) is 1. The van der Waals surface area contributed by atoms with Gasteiger partial charge < -0.3 is 20.3 Å². The van der Waals surface area contributed by atoms with E-state index in [9.17, 15) is 9.59 Å². The lowest BCUT2D eigenvalue weighted by atomic mass is 10.2. The van der Waals surface area contributed by atoms with Crippen molar-refractivity contribution >= 4 is 18.0 Å². The molecule has 1 heterocycles. The number of nitrogens with zero attached hydrogens (tertiary/aromatic N) is 1. The van der Waals surface area contributed by atoms with Gasteiger partial charge in [0.15, 0.2) is 0 Å². The molecule has 0 amide bonds. The largest absolute Gasteiger partial charge is 0.492 e. The number of hydrogen-bond acceptors (Lipinski definition) is 5. The van der Waals surface area contributed by atoms with Crippen molar-refractivity contribution in [2.24, 2.45) is 0 Å². The summed E-state index contributed by atoms with van der Waals surface area (Å²) in [4.78, 5) is 23.2. The second-order valence-electron chi connectivity index (χ2n) is 4.19. The first-order valence-electron chi connectivity index (χ1n) is 7.02. The van der Waals surface area contributed by atoms with Crippen molar-refractivity contribution in [2.45, 2.75) is 13.3 Å². The maximum Gasteiger partial charge on any atom is 0.328 e. The molecule has 0 bridgehead atoms. The molecule has 1 rings (SSSR count). The third-order valence-electron chi connectivity index (χ3n) is 2.29. The van der Waals surface area contributed by atoms with Crippen LogP contribution in [-0.2, 0) is 9.59 Å². The second-order valence-corrected chi connectivity index (χ2v) is 4.19. The average Bonchev–Trinajstić information content (AvgIpc) is 2.51. The molecule has 3 N–H and O–H groups in total. The van der Waals surface area contributed by atoms with E-state index in [1.807, 2.05) is 26.2 Å². The number of ether oxygens (including phenoxy) is 1. The van der Waals surface area contributed by atoms with Crippen LogP contribution < -0.4 is 10.1 Å². The van der Waals surface area contributed by atoms with Crippen LogP contribution in [0.15, 0.2) is 36.7 Å². The van der Waals surface area contributed by atoms with Crippen molar-refractivity contribution in [3.05, 3.63) is 42.3 Å². The number of rotatable bonds is 8. The van der Waals surface area contributed by atoms with E-state index in [2.05, 4.69) is 22.5 Å². The number of carboxylic acids is 2. The molecule has 7 nitrogen and oxygen atoms in total. The zero-order valence-electron chi connectivity index (χ0n) is 13.2. The van der Waals surface area contributed by atoms with Gasteiger partial charge in [-0.1, -0.05) is 12.2 Å². The van der Waals surface area contributed by atoms with Crippen LogP contribution >= 0.6 is 0 Å². The lowest BCUT2D eigenvalue weighted by Gasteiger charge is -2.02. The van der Waals surface area contributed by atoms with Gasteiger partial charge in [-0.05, 0) is 38.6 Å². The van der Waals surface area contributed by atoms with Gasteiger partial charge in [0.1, 0.15) is 5.75 Å². The van der Waals surface area contributed by atoms with Crippen LogP contribution in [0.25, 0.3) is 6.08 Å². The van der Waals surface area contributed by atoms with Crippen LogP contribution in [0.3, 0.4) is 0 Å². The molecule has 0 unspecified atom stereocenters. The Morgan fingerprint density at radius 3 is 2.43 bits per heavy atom. The minimum absolute atomic E-state index is 0.558. The molecule has 0 fully saturated rings. The number of aromatic nitrogens is 1. The first kappa shape index (κ1) is 20.3. The van der Waals surface area contributed by atoms with Gasteiger partial charge in [0.05, 0.1) is 12.8 Å². The summed E-state index contributed by atoms with van der Waals surface area (Å²) >= 11 is 0. The number of carboxylic acid groups (broad SMARTS) is 2. The first-order valence-corrected chi connectivity index (χ1v) is 7.02. The van der Waals surface area contributed by atoms with E-state index >= 15 is 0 Å². The monoisotopic (exact) mass is 322 g/mol. The van der Waals surface area contributed by atoms with Gasteiger partial charge in [-0.3, -0.25) is 4.98 Å². The Kier molecular flexibility index (Phi) is 11.5. The molecule has 23 heavy (non-hydrogen) atoms. The minimum atomic E-state index is -1.26. The number of carbonyl (C=O) groups is 2. The van der Waals surface area contributed by atoms with Crippen molar-refractivity contribution in [1.82, 2.24) is 10.3 Å². The highest BCUT2D eigenvalue weighted by Crippen LogP contribution is 2.12. The summed E-state index contributed by atoms with van der Waals surface area (Å²) in [7, 11) is 1.95. The summed E-state index contributed by atoms with van der Waals surface area (Å²) in [6, 6.07) is 1.99. The van der Waals surface area contributed by atoms with Gasteiger partial charge in [0, 0.05) is 18.3 Å². The van der Waals surface area contributed by atoms with Gasteiger partial charge in [0.25, 0.3) is 0 Å². The maximum absolute atomic E-state index is 9.55. The standard InChI is InChI=1S/C12H18N2O.C4H4O4/c1-3-15-12-8-11(9-14-10-12)6-4-5-7-13-2;5-3(6)1-2-4(7)8/h4,6,8-10,13H,3,5,7H2,1-2H3;1-2H,(H,5,6)(H,7,8)/b6-4+;2-1+. The third kappa shape index (κ3) is 12.8. The molecule has 0 aliphatic heterocycles. The van der Waals surface area contributed by atoms with E-state index in [1.165, 1.54) is 0 Å². The predicted octanol–water partition coefficient (Wildman–Crippen LogP) is 1.81. The Morgan fingerprint density at radius 2 is 1.91 bits per heavy atom. The number of aliphatic carboxylic acids is 2. The minimum Gasteiger partial charge on any atom is -0.492 e. The predicted molar refractivity (Wildman–Crippen MR) is 87.4 cm³/mol.